The molecule has 5 aromatic rings. The van der Waals surface area contributed by atoms with Crippen molar-refractivity contribution in [1.29, 1.82) is 0 Å². The van der Waals surface area contributed by atoms with E-state index in [2.05, 4.69) is 43.3 Å². The second kappa shape index (κ2) is 9.79. The molecule has 1 saturated heterocycles. The van der Waals surface area contributed by atoms with Crippen LogP contribution in [0.5, 0.6) is 0 Å². The summed E-state index contributed by atoms with van der Waals surface area (Å²) >= 11 is 1.42. The number of hydrogen-bond acceptors (Lipinski definition) is 5. The Morgan fingerprint density at radius 2 is 1.97 bits per heavy atom. The fraction of sp³-hybridized carbons (Fsp3) is 0.250. The van der Waals surface area contributed by atoms with Gasteiger partial charge in [-0.1, -0.05) is 60.3 Å². The van der Waals surface area contributed by atoms with Crippen molar-refractivity contribution in [2.75, 3.05) is 11.9 Å². The largest absolute Gasteiger partial charge is 0.376 e. The van der Waals surface area contributed by atoms with E-state index in [1.807, 2.05) is 61.7 Å². The molecule has 2 N–H and O–H groups in total. The molecule has 2 aromatic heterocycles. The van der Waals surface area contributed by atoms with E-state index in [4.69, 9.17) is 4.74 Å². The molecule has 0 aliphatic carbocycles. The van der Waals surface area contributed by atoms with Gasteiger partial charge in [-0.05, 0) is 48.7 Å². The van der Waals surface area contributed by atoms with Gasteiger partial charge < -0.3 is 15.0 Å². The molecule has 1 aliphatic rings. The lowest BCUT2D eigenvalue weighted by molar-refractivity contribution is -0.115. The van der Waals surface area contributed by atoms with Crippen LogP contribution in [-0.2, 0) is 16.1 Å². The number of aromatic nitrogens is 4. The number of benzene rings is 3. The third-order valence-electron chi connectivity index (χ3n) is 6.63. The fourth-order valence-corrected chi connectivity index (χ4v) is 5.57. The van der Waals surface area contributed by atoms with Crippen LogP contribution in [0, 0.1) is 0 Å². The van der Waals surface area contributed by atoms with Gasteiger partial charge in [-0.3, -0.25) is 9.36 Å². The van der Waals surface area contributed by atoms with Gasteiger partial charge >= 0.3 is 0 Å². The van der Waals surface area contributed by atoms with Gasteiger partial charge in [0.2, 0.25) is 5.91 Å². The first-order valence-corrected chi connectivity index (χ1v) is 13.1. The Morgan fingerprint density at radius 3 is 2.83 bits per heavy atom. The Morgan fingerprint density at radius 1 is 1.14 bits per heavy atom. The zero-order valence-electron chi connectivity index (χ0n) is 20.0. The Hall–Kier alpha value is -3.62. The summed E-state index contributed by atoms with van der Waals surface area (Å²) in [4.78, 5) is 16.4. The highest BCUT2D eigenvalue weighted by Crippen LogP contribution is 2.33. The van der Waals surface area contributed by atoms with Crippen LogP contribution in [0.4, 0.5) is 5.69 Å². The number of rotatable bonds is 7. The van der Waals surface area contributed by atoms with Crippen molar-refractivity contribution in [2.24, 2.45) is 0 Å². The van der Waals surface area contributed by atoms with Crippen LogP contribution in [0.2, 0.25) is 0 Å². The van der Waals surface area contributed by atoms with Gasteiger partial charge in [-0.25, -0.2) is 0 Å². The summed E-state index contributed by atoms with van der Waals surface area (Å²) in [6.07, 6.45) is 4.16. The zero-order valence-corrected chi connectivity index (χ0v) is 20.8. The van der Waals surface area contributed by atoms with Gasteiger partial charge in [-0.15, -0.1) is 10.2 Å². The number of anilines is 1. The Bertz CT molecular complexity index is 1540. The van der Waals surface area contributed by atoms with Crippen molar-refractivity contribution in [1.82, 2.24) is 19.7 Å². The second-order valence-electron chi connectivity index (χ2n) is 9.11. The Balaban J connectivity index is 1.26. The molecular weight excluding hydrogens is 470 g/mol. The average molecular weight is 498 g/mol. The molecule has 2 atom stereocenters. The number of fused-ring (bicyclic) bond motifs is 2. The fourth-order valence-electron chi connectivity index (χ4n) is 4.71. The first-order chi connectivity index (χ1) is 17.7. The number of hydrogen-bond donors (Lipinski definition) is 2. The molecule has 3 heterocycles. The topological polar surface area (TPSA) is 84.8 Å². The maximum absolute atomic E-state index is 13.1. The number of carbonyl (C=O) groups excluding carboxylic acids is 1. The third-order valence-corrected chi connectivity index (χ3v) is 7.71. The minimum atomic E-state index is -0.361. The summed E-state index contributed by atoms with van der Waals surface area (Å²) in [6, 6.07) is 22.2. The van der Waals surface area contributed by atoms with Crippen LogP contribution >= 0.6 is 11.8 Å². The minimum Gasteiger partial charge on any atom is -0.376 e. The molecule has 6 rings (SSSR count). The summed E-state index contributed by atoms with van der Waals surface area (Å²) < 4.78 is 8.04. The normalized spacial score (nSPS) is 16.5. The highest BCUT2D eigenvalue weighted by molar-refractivity contribution is 8.00. The average Bonchev–Trinajstić information content (AvgIpc) is 3.65. The number of carbonyl (C=O) groups is 1. The van der Waals surface area contributed by atoms with Crippen molar-refractivity contribution >= 4 is 45.0 Å². The molecule has 182 valence electrons. The lowest BCUT2D eigenvalue weighted by Crippen LogP contribution is -2.23. The summed E-state index contributed by atoms with van der Waals surface area (Å²) in [6.45, 7) is 3.34. The number of H-pyrrole nitrogens is 1. The first kappa shape index (κ1) is 22.8. The third kappa shape index (κ3) is 4.50. The molecule has 1 fully saturated rings. The zero-order chi connectivity index (χ0) is 24.5. The number of amides is 1. The maximum atomic E-state index is 13.1. The second-order valence-corrected chi connectivity index (χ2v) is 10.4. The first-order valence-electron chi connectivity index (χ1n) is 12.2. The molecule has 0 spiro atoms. The van der Waals surface area contributed by atoms with Gasteiger partial charge in [0.1, 0.15) is 0 Å². The molecule has 0 radical (unpaired) electrons. The lowest BCUT2D eigenvalue weighted by atomic mass is 10.1. The lowest BCUT2D eigenvalue weighted by Gasteiger charge is -2.16. The molecule has 36 heavy (non-hydrogen) atoms. The van der Waals surface area contributed by atoms with E-state index in [0.29, 0.717) is 11.7 Å². The molecule has 1 amide bonds. The minimum absolute atomic E-state index is 0.0735. The van der Waals surface area contributed by atoms with Crippen LogP contribution in [-0.4, -0.2) is 43.6 Å². The van der Waals surface area contributed by atoms with Gasteiger partial charge in [0, 0.05) is 35.0 Å². The summed E-state index contributed by atoms with van der Waals surface area (Å²) in [5, 5.41) is 15.8. The maximum Gasteiger partial charge on any atom is 0.237 e. The van der Waals surface area contributed by atoms with E-state index in [9.17, 15) is 4.79 Å². The molecule has 1 aliphatic heterocycles. The van der Waals surface area contributed by atoms with E-state index in [1.54, 1.807) is 0 Å². The number of thioether (sulfide) groups is 1. The molecule has 3 aromatic carbocycles. The Labute approximate surface area is 213 Å². The summed E-state index contributed by atoms with van der Waals surface area (Å²) in [5.41, 5.74) is 2.83. The Kier molecular flexibility index (Phi) is 6.21. The standard InChI is InChI=1S/C28H27N5O2S/c1-18(27(34)30-21-13-12-19-7-2-3-8-20(19)15-21)36-28-32-31-26(33(28)17-22-9-6-14-35-22)24-16-29-25-11-5-4-10-23(24)25/h2-5,7-8,10-13,15-16,18,22,29H,6,9,14,17H2,1H3,(H,30,34). The number of nitrogens with one attached hydrogen (secondary N) is 2. The molecular formula is C28H27N5O2S. The molecule has 7 nitrogen and oxygen atoms in total. The van der Waals surface area contributed by atoms with E-state index in [0.717, 1.165) is 58.2 Å². The van der Waals surface area contributed by atoms with Crippen molar-refractivity contribution in [2.45, 2.75) is 42.8 Å². The van der Waals surface area contributed by atoms with Crippen LogP contribution in [0.3, 0.4) is 0 Å². The number of aromatic amines is 1. The molecule has 0 bridgehead atoms. The SMILES string of the molecule is CC(Sc1nnc(-c2c[nH]c3ccccc23)n1CC1CCCO1)C(=O)Nc1ccc2ccccc2c1. The van der Waals surface area contributed by atoms with Crippen molar-refractivity contribution < 1.29 is 9.53 Å². The highest BCUT2D eigenvalue weighted by Gasteiger charge is 2.25. The van der Waals surface area contributed by atoms with Crippen molar-refractivity contribution in [3.8, 4) is 11.4 Å². The van der Waals surface area contributed by atoms with Crippen molar-refractivity contribution in [3.05, 3.63) is 72.9 Å². The number of ether oxygens (including phenoxy) is 1. The predicted octanol–water partition coefficient (Wildman–Crippen LogP) is 5.88. The van der Waals surface area contributed by atoms with Crippen LogP contribution in [0.25, 0.3) is 33.1 Å². The quantitative estimate of drug-likeness (QED) is 0.274. The van der Waals surface area contributed by atoms with Gasteiger partial charge in [0.15, 0.2) is 11.0 Å². The van der Waals surface area contributed by atoms with E-state index in [1.165, 1.54) is 11.8 Å². The van der Waals surface area contributed by atoms with E-state index < -0.39 is 0 Å². The van der Waals surface area contributed by atoms with E-state index >= 15 is 0 Å². The van der Waals surface area contributed by atoms with Crippen LogP contribution < -0.4 is 5.32 Å². The number of nitrogens with zero attached hydrogens (tertiary/aromatic N) is 3. The smallest absolute Gasteiger partial charge is 0.237 e. The monoisotopic (exact) mass is 497 g/mol. The molecule has 0 saturated carbocycles. The van der Waals surface area contributed by atoms with E-state index in [-0.39, 0.29) is 17.3 Å². The summed E-state index contributed by atoms with van der Waals surface area (Å²) in [7, 11) is 0. The summed E-state index contributed by atoms with van der Waals surface area (Å²) in [5.74, 6) is 0.711. The van der Waals surface area contributed by atoms with Crippen LogP contribution in [0.15, 0.2) is 78.1 Å². The van der Waals surface area contributed by atoms with Gasteiger partial charge in [0.25, 0.3) is 0 Å². The van der Waals surface area contributed by atoms with Gasteiger partial charge in [0.05, 0.1) is 17.9 Å². The highest BCUT2D eigenvalue weighted by atomic mass is 32.2. The molecule has 2 unspecified atom stereocenters. The number of para-hydroxylation sites is 1. The predicted molar refractivity (Wildman–Crippen MR) is 144 cm³/mol. The van der Waals surface area contributed by atoms with Gasteiger partial charge in [-0.2, -0.15) is 0 Å². The molecule has 8 heteroatoms. The van der Waals surface area contributed by atoms with Crippen molar-refractivity contribution in [3.63, 3.8) is 0 Å². The van der Waals surface area contributed by atoms with Crippen LogP contribution in [0.1, 0.15) is 19.8 Å².